The Morgan fingerprint density at radius 3 is 2.19 bits per heavy atom. The van der Waals surface area contributed by atoms with Gasteiger partial charge in [0.05, 0.1) is 5.70 Å². The fourth-order valence-corrected chi connectivity index (χ4v) is 4.68. The summed E-state index contributed by atoms with van der Waals surface area (Å²) in [6, 6.07) is 7.71. The number of aliphatic imine (C=N–C) groups is 1. The molecule has 2 heterocycles. The van der Waals surface area contributed by atoms with Crippen LogP contribution in [0.25, 0.3) is 5.57 Å². The highest BCUT2D eigenvalue weighted by molar-refractivity contribution is 6.11. The predicted molar refractivity (Wildman–Crippen MR) is 136 cm³/mol. The molecule has 1 aromatic heterocycles. The van der Waals surface area contributed by atoms with Gasteiger partial charge in [0.15, 0.2) is 0 Å². The monoisotopic (exact) mass is 428 g/mol. The smallest absolute Gasteiger partial charge is 0.338 e. The van der Waals surface area contributed by atoms with E-state index >= 15 is 0 Å². The molecule has 0 saturated heterocycles. The largest absolute Gasteiger partial charge is 0.423 e. The summed E-state index contributed by atoms with van der Waals surface area (Å²) < 4.78 is 7.69. The molecule has 4 nitrogen and oxygen atoms in total. The van der Waals surface area contributed by atoms with Gasteiger partial charge in [0.1, 0.15) is 5.75 Å². The predicted octanol–water partition coefficient (Wildman–Crippen LogP) is 5.51. The maximum atomic E-state index is 11.9. The fraction of sp³-hybridized carbons (Fsp3) is 0.333. The van der Waals surface area contributed by atoms with Gasteiger partial charge in [-0.05, 0) is 87.4 Å². The number of carbonyl (C=O) groups is 1. The van der Waals surface area contributed by atoms with E-state index in [0.717, 1.165) is 35.4 Å². The number of esters is 1. The van der Waals surface area contributed by atoms with Gasteiger partial charge in [-0.1, -0.05) is 32.6 Å². The second-order valence-electron chi connectivity index (χ2n) is 8.52. The first-order valence-corrected chi connectivity index (χ1v) is 11.3. The van der Waals surface area contributed by atoms with Crippen molar-refractivity contribution in [1.82, 2.24) is 4.48 Å². The van der Waals surface area contributed by atoms with Crippen LogP contribution < -0.4 is 4.74 Å². The molecule has 1 aliphatic heterocycles. The molecule has 3 rings (SSSR count). The third-order valence-electron chi connectivity index (χ3n) is 6.49. The molecule has 0 unspecified atom stereocenters. The molecule has 166 valence electrons. The summed E-state index contributed by atoms with van der Waals surface area (Å²) in [5.74, 6) is 0.0907. The normalized spacial score (nSPS) is 15.2. The van der Waals surface area contributed by atoms with Crippen LogP contribution in [0, 0.1) is 13.8 Å². The lowest BCUT2D eigenvalue weighted by Crippen LogP contribution is -2.08. The number of allylic oxidation sites excluding steroid dienone is 2. The molecule has 1 aromatic carbocycles. The van der Waals surface area contributed by atoms with Gasteiger partial charge >= 0.3 is 5.97 Å². The topological polar surface area (TPSA) is 43.6 Å². The average molecular weight is 428 g/mol. The van der Waals surface area contributed by atoms with E-state index in [4.69, 9.17) is 9.73 Å². The molecule has 0 atom stereocenters. The molecule has 0 bridgehead atoms. The van der Waals surface area contributed by atoms with Crippen LogP contribution in [0.1, 0.15) is 69.1 Å². The number of ether oxygens (including phenoxy) is 1. The molecule has 2 aromatic rings. The van der Waals surface area contributed by atoms with Crippen LogP contribution in [0.15, 0.2) is 58.3 Å². The Hall–Kier alpha value is -3.08. The van der Waals surface area contributed by atoms with E-state index in [1.807, 2.05) is 24.3 Å². The lowest BCUT2D eigenvalue weighted by atomic mass is 9.92. The number of benzene rings is 1. The van der Waals surface area contributed by atoms with E-state index in [1.165, 1.54) is 33.7 Å². The van der Waals surface area contributed by atoms with E-state index in [0.29, 0.717) is 11.3 Å². The van der Waals surface area contributed by atoms with Crippen LogP contribution in [-0.2, 0) is 11.2 Å². The summed E-state index contributed by atoms with van der Waals surface area (Å²) in [7, 11) is 2.13. The summed E-state index contributed by atoms with van der Waals surface area (Å²) in [5.41, 5.74) is 12.3. The minimum absolute atomic E-state index is 0.377. The summed E-state index contributed by atoms with van der Waals surface area (Å²) in [6.45, 7) is 18.3. The number of hydrogen-bond acceptors (Lipinski definition) is 3. The van der Waals surface area contributed by atoms with Crippen LogP contribution in [0.3, 0.4) is 0 Å². The number of rotatable bonds is 6. The molecule has 1 aliphatic rings. The third kappa shape index (κ3) is 4.04. The molecule has 0 N–H and O–H groups in total. The molecular formula is C27H33BN2O2. The summed E-state index contributed by atoms with van der Waals surface area (Å²) in [4.78, 5) is 16.9. The van der Waals surface area contributed by atoms with Crippen LogP contribution in [0.2, 0.25) is 0 Å². The quantitative estimate of drug-likeness (QED) is 0.264. The lowest BCUT2D eigenvalue weighted by Gasteiger charge is -2.16. The van der Waals surface area contributed by atoms with E-state index in [-0.39, 0.29) is 0 Å². The van der Waals surface area contributed by atoms with Crippen molar-refractivity contribution in [3.63, 3.8) is 0 Å². The maximum Gasteiger partial charge on any atom is 0.338 e. The molecule has 0 aliphatic carbocycles. The van der Waals surface area contributed by atoms with E-state index in [1.54, 1.807) is 6.92 Å². The van der Waals surface area contributed by atoms with Crippen molar-refractivity contribution >= 4 is 25.2 Å². The second-order valence-corrected chi connectivity index (χ2v) is 8.52. The summed E-state index contributed by atoms with van der Waals surface area (Å²) in [6.07, 6.45) is 1.94. The number of carbonyl (C=O) groups excluding carboxylic acids is 1. The average Bonchev–Trinajstić information content (AvgIpc) is 3.15. The Morgan fingerprint density at radius 2 is 1.72 bits per heavy atom. The van der Waals surface area contributed by atoms with Crippen LogP contribution >= 0.6 is 0 Å². The van der Waals surface area contributed by atoms with Crippen molar-refractivity contribution in [3.8, 4) is 5.75 Å². The Bertz CT molecular complexity index is 1190. The minimum atomic E-state index is -0.416. The van der Waals surface area contributed by atoms with Gasteiger partial charge in [0.2, 0.25) is 7.98 Å². The molecule has 0 saturated carbocycles. The van der Waals surface area contributed by atoms with Crippen molar-refractivity contribution < 1.29 is 9.53 Å². The van der Waals surface area contributed by atoms with Gasteiger partial charge in [0.25, 0.3) is 0 Å². The highest BCUT2D eigenvalue weighted by atomic mass is 16.5. The van der Waals surface area contributed by atoms with E-state index < -0.39 is 5.97 Å². The van der Waals surface area contributed by atoms with Crippen LogP contribution in [0.4, 0.5) is 0 Å². The van der Waals surface area contributed by atoms with E-state index in [9.17, 15) is 4.79 Å². The highest BCUT2D eigenvalue weighted by Gasteiger charge is 2.26. The Morgan fingerprint density at radius 1 is 1.09 bits per heavy atom. The van der Waals surface area contributed by atoms with Crippen molar-refractivity contribution in [2.75, 3.05) is 0 Å². The van der Waals surface area contributed by atoms with Crippen LogP contribution in [0.5, 0.6) is 5.75 Å². The van der Waals surface area contributed by atoms with Crippen molar-refractivity contribution in [1.29, 1.82) is 0 Å². The molecule has 5 heteroatoms. The zero-order chi connectivity index (χ0) is 23.7. The SMILES string of the molecule is Bn1c(C)c(CC)c(C)c1/C(=C1\N=C(C)C(CC)=C1C)c1ccc(OC(=O)C(=C)C)cc1. The fourth-order valence-electron chi connectivity index (χ4n) is 4.68. The Kier molecular flexibility index (Phi) is 6.78. The number of aromatic nitrogens is 1. The molecule has 0 fully saturated rings. The summed E-state index contributed by atoms with van der Waals surface area (Å²) in [5, 5.41) is 0. The Balaban J connectivity index is 2.26. The van der Waals surface area contributed by atoms with Crippen molar-refractivity contribution in [2.45, 2.75) is 61.3 Å². The zero-order valence-electron chi connectivity index (χ0n) is 20.6. The third-order valence-corrected chi connectivity index (χ3v) is 6.49. The number of nitrogens with zero attached hydrogens (tertiary/aromatic N) is 2. The van der Waals surface area contributed by atoms with Gasteiger partial charge < -0.3 is 9.21 Å². The molecule has 0 radical (unpaired) electrons. The maximum absolute atomic E-state index is 11.9. The van der Waals surface area contributed by atoms with Crippen LogP contribution in [-0.4, -0.2) is 24.1 Å². The Labute approximate surface area is 192 Å². The standard InChI is InChI=1S/C27H33BN2O2/c1-9-22-16(5)25(29-18(22)7)24(26-17(6)23(10-2)19(8)30(26)28)20-11-13-21(14-12-20)32-27(31)15(3)4/h11-14H,3,9-10,28H2,1-2,4-8H3/b25-24-. The van der Waals surface area contributed by atoms with Crippen molar-refractivity contribution in [3.05, 3.63) is 81.3 Å². The molecule has 32 heavy (non-hydrogen) atoms. The van der Waals surface area contributed by atoms with Gasteiger partial charge in [-0.25, -0.2) is 4.79 Å². The molecule has 0 amide bonds. The zero-order valence-corrected chi connectivity index (χ0v) is 20.6. The van der Waals surface area contributed by atoms with Gasteiger partial charge in [-0.15, -0.1) is 0 Å². The summed E-state index contributed by atoms with van der Waals surface area (Å²) >= 11 is 0. The first kappa shape index (κ1) is 23.6. The van der Waals surface area contributed by atoms with Gasteiger partial charge in [0, 0.05) is 28.2 Å². The molecule has 0 spiro atoms. The highest BCUT2D eigenvalue weighted by Crippen LogP contribution is 2.40. The van der Waals surface area contributed by atoms with Gasteiger partial charge in [-0.2, -0.15) is 0 Å². The second kappa shape index (κ2) is 9.19. The van der Waals surface area contributed by atoms with E-state index in [2.05, 4.69) is 60.6 Å². The number of hydrogen-bond donors (Lipinski definition) is 0. The lowest BCUT2D eigenvalue weighted by molar-refractivity contribution is -0.130. The first-order chi connectivity index (χ1) is 15.1. The van der Waals surface area contributed by atoms with Crippen molar-refractivity contribution in [2.24, 2.45) is 4.99 Å². The first-order valence-electron chi connectivity index (χ1n) is 11.3. The minimum Gasteiger partial charge on any atom is -0.423 e. The van der Waals surface area contributed by atoms with Gasteiger partial charge in [-0.3, -0.25) is 4.99 Å². The molecular weight excluding hydrogens is 395 g/mol.